The molecule has 0 heterocycles. The van der Waals surface area contributed by atoms with Gasteiger partial charge in [-0.05, 0) is 66.6 Å². The average Bonchev–Trinajstić information content (AvgIpc) is 2.75. The molecule has 0 bridgehead atoms. The number of phenolic OH excluding ortho intramolecular Hbond substituents is 1. The van der Waals surface area contributed by atoms with E-state index in [1.54, 1.807) is 36.4 Å². The summed E-state index contributed by atoms with van der Waals surface area (Å²) in [5.41, 5.74) is 1.45. The monoisotopic (exact) mass is 511 g/mol. The Bertz CT molecular complexity index is 1260. The van der Waals surface area contributed by atoms with Gasteiger partial charge in [-0.3, -0.25) is 4.79 Å². The molecule has 11 heteroatoms. The van der Waals surface area contributed by atoms with E-state index in [-0.39, 0.29) is 16.3 Å². The number of ether oxygens (including phenoxy) is 1. The van der Waals surface area contributed by atoms with E-state index in [0.717, 1.165) is 16.7 Å². The number of thioether (sulfide) groups is 1. The number of aryl methyl sites for hydroxylation is 1. The van der Waals surface area contributed by atoms with Crippen molar-refractivity contribution >= 4 is 33.2 Å². The van der Waals surface area contributed by atoms with Crippen LogP contribution in [-0.4, -0.2) is 37.8 Å². The van der Waals surface area contributed by atoms with Gasteiger partial charge in [0.25, 0.3) is 5.91 Å². The number of phenols is 1. The number of halogens is 3. The van der Waals surface area contributed by atoms with Gasteiger partial charge in [0.2, 0.25) is 0 Å². The summed E-state index contributed by atoms with van der Waals surface area (Å²) in [5, 5.41) is 12.3. The van der Waals surface area contributed by atoms with Crippen LogP contribution in [0.1, 0.15) is 15.9 Å². The molecule has 0 saturated heterocycles. The highest BCUT2D eigenvalue weighted by atomic mass is 32.2. The quantitative estimate of drug-likeness (QED) is 0.316. The van der Waals surface area contributed by atoms with E-state index < -0.39 is 27.9 Å². The van der Waals surface area contributed by atoms with Gasteiger partial charge in [0.05, 0.1) is 0 Å². The maximum absolute atomic E-state index is 12.5. The summed E-state index contributed by atoms with van der Waals surface area (Å²) >= 11 is 1.52. The summed E-state index contributed by atoms with van der Waals surface area (Å²) in [6.45, 7) is 0. The van der Waals surface area contributed by atoms with Gasteiger partial charge < -0.3 is 15.2 Å². The zero-order chi connectivity index (χ0) is 24.9. The lowest BCUT2D eigenvalue weighted by Gasteiger charge is -2.10. The fourth-order valence-corrected chi connectivity index (χ4v) is 4.63. The molecule has 3 aromatic rings. The number of carbonyl (C=O) groups excluding carboxylic acids is 1. The fraction of sp³-hybridized carbons (Fsp3) is 0.174. The first-order valence-electron chi connectivity index (χ1n) is 9.83. The van der Waals surface area contributed by atoms with Gasteiger partial charge in [-0.15, -0.1) is 24.9 Å². The molecule has 6 nitrogen and oxygen atoms in total. The number of alkyl halides is 3. The van der Waals surface area contributed by atoms with E-state index in [9.17, 15) is 31.5 Å². The number of rotatable bonds is 8. The Balaban J connectivity index is 1.53. The second-order valence-corrected chi connectivity index (χ2v) is 10.4. The highest BCUT2D eigenvalue weighted by Gasteiger charge is 2.30. The van der Waals surface area contributed by atoms with Crippen molar-refractivity contribution in [1.29, 1.82) is 0 Å². The number of aromatic hydroxyl groups is 1. The summed E-state index contributed by atoms with van der Waals surface area (Å²) in [6.07, 6.45) is -3.13. The standard InChI is InChI=1S/C23H20F3NO5S2/c1-34(30,31)21-14-17(6-11-20(21)28)27-22(29)16-4-9-19(10-5-16)33-13-12-15-2-7-18(8-3-15)32-23(24,25)26/h2-11,14,28H,12-13H2,1H3,(H,27,29). The van der Waals surface area contributed by atoms with Crippen molar-refractivity contribution in [2.24, 2.45) is 0 Å². The third kappa shape index (κ3) is 7.42. The molecule has 3 rings (SSSR count). The Kier molecular flexibility index (Phi) is 7.78. The number of hydrogen-bond acceptors (Lipinski definition) is 6. The van der Waals surface area contributed by atoms with Crippen LogP contribution in [0.5, 0.6) is 11.5 Å². The molecule has 0 saturated carbocycles. The predicted molar refractivity (Wildman–Crippen MR) is 123 cm³/mol. The van der Waals surface area contributed by atoms with Crippen molar-refractivity contribution in [1.82, 2.24) is 0 Å². The lowest BCUT2D eigenvalue weighted by molar-refractivity contribution is -0.274. The molecule has 0 spiro atoms. The SMILES string of the molecule is CS(=O)(=O)c1cc(NC(=O)c2ccc(SCCc3ccc(OC(F)(F)F)cc3)cc2)ccc1O. The van der Waals surface area contributed by atoms with E-state index in [1.165, 1.54) is 42.1 Å². The predicted octanol–water partition coefficient (Wildman–Crippen LogP) is 5.28. The van der Waals surface area contributed by atoms with E-state index in [2.05, 4.69) is 10.1 Å². The normalized spacial score (nSPS) is 11.8. The lowest BCUT2D eigenvalue weighted by atomic mass is 10.2. The number of carbonyl (C=O) groups is 1. The molecule has 34 heavy (non-hydrogen) atoms. The molecule has 0 atom stereocenters. The largest absolute Gasteiger partial charge is 0.573 e. The first kappa shape index (κ1) is 25.4. The number of nitrogens with one attached hydrogen (secondary N) is 1. The van der Waals surface area contributed by atoms with Crippen LogP contribution in [0.4, 0.5) is 18.9 Å². The van der Waals surface area contributed by atoms with Crippen molar-refractivity contribution in [2.75, 3.05) is 17.3 Å². The third-order valence-electron chi connectivity index (χ3n) is 4.55. The number of hydrogen-bond donors (Lipinski definition) is 2. The first-order valence-corrected chi connectivity index (χ1v) is 12.7. The number of anilines is 1. The zero-order valence-corrected chi connectivity index (χ0v) is 19.4. The summed E-state index contributed by atoms with van der Waals surface area (Å²) in [5.74, 6) is -0.430. The molecule has 0 unspecified atom stereocenters. The average molecular weight is 512 g/mol. The Morgan fingerprint density at radius 3 is 2.26 bits per heavy atom. The van der Waals surface area contributed by atoms with Crippen LogP contribution >= 0.6 is 11.8 Å². The van der Waals surface area contributed by atoms with Crippen LogP contribution < -0.4 is 10.1 Å². The van der Waals surface area contributed by atoms with E-state index >= 15 is 0 Å². The molecule has 0 aromatic heterocycles. The Hall–Kier alpha value is -3.18. The van der Waals surface area contributed by atoms with Gasteiger partial charge in [0, 0.05) is 28.2 Å². The van der Waals surface area contributed by atoms with Crippen molar-refractivity contribution in [3.63, 3.8) is 0 Å². The van der Waals surface area contributed by atoms with Crippen LogP contribution in [0.15, 0.2) is 76.5 Å². The van der Waals surface area contributed by atoms with Crippen LogP contribution in [0.25, 0.3) is 0 Å². The van der Waals surface area contributed by atoms with Crippen molar-refractivity contribution in [2.45, 2.75) is 22.6 Å². The van der Waals surface area contributed by atoms with Crippen molar-refractivity contribution < 1.29 is 36.2 Å². The maximum atomic E-state index is 12.5. The summed E-state index contributed by atoms with van der Waals surface area (Å²) < 4.78 is 63.9. The molecule has 0 radical (unpaired) electrons. The van der Waals surface area contributed by atoms with Gasteiger partial charge in [-0.2, -0.15) is 0 Å². The lowest BCUT2D eigenvalue weighted by Crippen LogP contribution is -2.17. The van der Waals surface area contributed by atoms with Gasteiger partial charge in [-0.25, -0.2) is 8.42 Å². The smallest absolute Gasteiger partial charge is 0.507 e. The fourth-order valence-electron chi connectivity index (χ4n) is 2.94. The van der Waals surface area contributed by atoms with Gasteiger partial charge >= 0.3 is 6.36 Å². The first-order chi connectivity index (χ1) is 15.9. The highest BCUT2D eigenvalue weighted by Crippen LogP contribution is 2.27. The van der Waals surface area contributed by atoms with Crippen LogP contribution in [0, 0.1) is 0 Å². The molecule has 1 amide bonds. The Labute approximate surface area is 198 Å². The molecule has 0 fully saturated rings. The van der Waals surface area contributed by atoms with Gasteiger partial charge in [-0.1, -0.05) is 12.1 Å². The number of amides is 1. The molecule has 0 aliphatic rings. The van der Waals surface area contributed by atoms with Crippen molar-refractivity contribution in [3.8, 4) is 11.5 Å². The third-order valence-corrected chi connectivity index (χ3v) is 6.69. The van der Waals surface area contributed by atoms with Crippen molar-refractivity contribution in [3.05, 3.63) is 77.9 Å². The molecular formula is C23H20F3NO5S2. The van der Waals surface area contributed by atoms with Gasteiger partial charge in [0.15, 0.2) is 9.84 Å². The summed E-state index contributed by atoms with van der Waals surface area (Å²) in [4.78, 5) is 13.1. The maximum Gasteiger partial charge on any atom is 0.573 e. The molecule has 2 N–H and O–H groups in total. The van der Waals surface area contributed by atoms with Crippen LogP contribution in [0.2, 0.25) is 0 Å². The number of benzene rings is 3. The van der Waals surface area contributed by atoms with Gasteiger partial charge in [0.1, 0.15) is 16.4 Å². The summed E-state index contributed by atoms with van der Waals surface area (Å²) in [6, 6.07) is 16.3. The van der Waals surface area contributed by atoms with Crippen LogP contribution in [-0.2, 0) is 16.3 Å². The zero-order valence-electron chi connectivity index (χ0n) is 17.8. The minimum absolute atomic E-state index is 0.230. The molecule has 3 aromatic carbocycles. The highest BCUT2D eigenvalue weighted by molar-refractivity contribution is 7.99. The van der Waals surface area contributed by atoms with E-state index in [4.69, 9.17) is 0 Å². The minimum Gasteiger partial charge on any atom is -0.507 e. The van der Waals surface area contributed by atoms with Crippen LogP contribution in [0.3, 0.4) is 0 Å². The number of sulfone groups is 1. The molecule has 0 aliphatic heterocycles. The molecular weight excluding hydrogens is 491 g/mol. The second-order valence-electron chi connectivity index (χ2n) is 7.22. The topological polar surface area (TPSA) is 92.7 Å². The van der Waals surface area contributed by atoms with E-state index in [1.807, 2.05) is 0 Å². The van der Waals surface area contributed by atoms with E-state index in [0.29, 0.717) is 17.7 Å². The minimum atomic E-state index is -4.72. The summed E-state index contributed by atoms with van der Waals surface area (Å²) in [7, 11) is -3.66. The Morgan fingerprint density at radius 2 is 1.68 bits per heavy atom. The molecule has 0 aliphatic carbocycles. The second kappa shape index (κ2) is 10.4. The Morgan fingerprint density at radius 1 is 1.03 bits per heavy atom. The molecule has 180 valence electrons.